The van der Waals surface area contributed by atoms with E-state index in [1.165, 1.54) is 11.8 Å². The predicted molar refractivity (Wildman–Crippen MR) is 85.6 cm³/mol. The molecule has 5 heteroatoms. The van der Waals surface area contributed by atoms with Crippen LogP contribution < -0.4 is 10.1 Å². The van der Waals surface area contributed by atoms with E-state index in [9.17, 15) is 8.42 Å². The van der Waals surface area contributed by atoms with Gasteiger partial charge in [0.25, 0.3) is 0 Å². The molecule has 1 aliphatic heterocycles. The summed E-state index contributed by atoms with van der Waals surface area (Å²) in [5.41, 5.74) is 2.15. The van der Waals surface area contributed by atoms with Gasteiger partial charge in [-0.3, -0.25) is 0 Å². The van der Waals surface area contributed by atoms with Crippen LogP contribution in [-0.4, -0.2) is 33.1 Å². The number of nitrogens with one attached hydrogen (secondary N) is 1. The molecule has 0 spiro atoms. The Hall–Kier alpha value is -1.07. The lowest BCUT2D eigenvalue weighted by molar-refractivity contribution is 0.281. The summed E-state index contributed by atoms with van der Waals surface area (Å²) in [6, 6.07) is 5.82. The molecule has 1 aromatic rings. The fourth-order valence-corrected chi connectivity index (χ4v) is 3.47. The number of aryl methyl sites for hydroxylation is 1. The van der Waals surface area contributed by atoms with Gasteiger partial charge in [0, 0.05) is 11.8 Å². The van der Waals surface area contributed by atoms with Gasteiger partial charge in [-0.2, -0.15) is 0 Å². The molecule has 1 aromatic carbocycles. The molecule has 0 saturated heterocycles. The number of sulfone groups is 1. The highest BCUT2D eigenvalue weighted by atomic mass is 32.2. The van der Waals surface area contributed by atoms with E-state index in [2.05, 4.69) is 18.3 Å². The molecule has 1 heterocycles. The molecular weight excluding hydrogens is 286 g/mol. The van der Waals surface area contributed by atoms with Gasteiger partial charge in [-0.1, -0.05) is 25.1 Å². The van der Waals surface area contributed by atoms with Crippen molar-refractivity contribution in [2.75, 3.05) is 19.4 Å². The molecule has 0 aromatic heterocycles. The Kier molecular flexibility index (Phi) is 5.27. The lowest BCUT2D eigenvalue weighted by Gasteiger charge is -2.29. The van der Waals surface area contributed by atoms with Crippen LogP contribution in [0, 0.1) is 0 Å². The number of rotatable bonds is 6. The zero-order chi connectivity index (χ0) is 15.5. The molecule has 2 unspecified atom stereocenters. The van der Waals surface area contributed by atoms with Gasteiger partial charge in [-0.15, -0.1) is 0 Å². The molecule has 4 nitrogen and oxygen atoms in total. The normalized spacial score (nSPS) is 17.7. The standard InChI is InChI=1S/C16H25NO3S/c1-4-10-17-15(12(2)21(3,18)19)14-9-5-7-13-8-6-11-20-16(13)14/h5,7,9,12,15,17H,4,6,8,10-11H2,1-3H3. The fourth-order valence-electron chi connectivity index (χ4n) is 2.74. The molecule has 2 rings (SSSR count). The van der Waals surface area contributed by atoms with Gasteiger partial charge in [0.05, 0.1) is 17.9 Å². The molecule has 0 fully saturated rings. The number of benzene rings is 1. The summed E-state index contributed by atoms with van der Waals surface area (Å²) in [6.45, 7) is 5.34. The van der Waals surface area contributed by atoms with Gasteiger partial charge >= 0.3 is 0 Å². The van der Waals surface area contributed by atoms with Crippen molar-refractivity contribution < 1.29 is 13.2 Å². The fraction of sp³-hybridized carbons (Fsp3) is 0.625. The van der Waals surface area contributed by atoms with Gasteiger partial charge in [0.15, 0.2) is 9.84 Å². The van der Waals surface area contributed by atoms with Gasteiger partial charge in [-0.05, 0) is 38.3 Å². The highest BCUT2D eigenvalue weighted by Crippen LogP contribution is 2.35. The molecule has 0 amide bonds. The van der Waals surface area contributed by atoms with Crippen LogP contribution in [0.2, 0.25) is 0 Å². The maximum absolute atomic E-state index is 12.0. The van der Waals surface area contributed by atoms with Crippen LogP contribution >= 0.6 is 0 Å². The van der Waals surface area contributed by atoms with Crippen LogP contribution in [0.5, 0.6) is 5.75 Å². The van der Waals surface area contributed by atoms with Crippen LogP contribution in [-0.2, 0) is 16.3 Å². The highest BCUT2D eigenvalue weighted by Gasteiger charge is 2.30. The number of hydrogen-bond donors (Lipinski definition) is 1. The Bertz CT molecular complexity index is 583. The van der Waals surface area contributed by atoms with E-state index >= 15 is 0 Å². The van der Waals surface area contributed by atoms with Crippen molar-refractivity contribution in [3.8, 4) is 5.75 Å². The summed E-state index contributed by atoms with van der Waals surface area (Å²) in [6.07, 6.45) is 4.28. The van der Waals surface area contributed by atoms with Gasteiger partial charge in [0.2, 0.25) is 0 Å². The zero-order valence-electron chi connectivity index (χ0n) is 13.1. The Morgan fingerprint density at radius 2 is 2.14 bits per heavy atom. The third-order valence-corrected chi connectivity index (χ3v) is 5.68. The number of para-hydroxylation sites is 1. The minimum Gasteiger partial charge on any atom is -0.493 e. The SMILES string of the molecule is CCCNC(c1cccc2c1OCCC2)C(C)S(C)(=O)=O. The molecule has 0 saturated carbocycles. The van der Waals surface area contributed by atoms with E-state index < -0.39 is 15.1 Å². The number of fused-ring (bicyclic) bond motifs is 1. The molecule has 21 heavy (non-hydrogen) atoms. The molecule has 1 N–H and O–H groups in total. The van der Waals surface area contributed by atoms with Crippen molar-refractivity contribution in [2.45, 2.75) is 44.4 Å². The first kappa shape index (κ1) is 16.3. The largest absolute Gasteiger partial charge is 0.493 e. The van der Waals surface area contributed by atoms with Crippen molar-refractivity contribution >= 4 is 9.84 Å². The van der Waals surface area contributed by atoms with Crippen LogP contribution in [0.25, 0.3) is 0 Å². The third-order valence-electron chi connectivity index (χ3n) is 4.06. The minimum absolute atomic E-state index is 0.229. The third kappa shape index (κ3) is 3.77. The van der Waals surface area contributed by atoms with Crippen LogP contribution in [0.4, 0.5) is 0 Å². The Balaban J connectivity index is 2.41. The second-order valence-corrected chi connectivity index (χ2v) is 8.16. The van der Waals surface area contributed by atoms with E-state index in [0.29, 0.717) is 6.61 Å². The lowest BCUT2D eigenvalue weighted by Crippen LogP contribution is -2.36. The van der Waals surface area contributed by atoms with Crippen molar-refractivity contribution in [3.63, 3.8) is 0 Å². The summed E-state index contributed by atoms with van der Waals surface area (Å²) < 4.78 is 29.8. The van der Waals surface area contributed by atoms with Crippen molar-refractivity contribution in [1.29, 1.82) is 0 Å². The van der Waals surface area contributed by atoms with E-state index in [1.807, 2.05) is 12.1 Å². The van der Waals surface area contributed by atoms with Crippen molar-refractivity contribution in [2.24, 2.45) is 0 Å². The van der Waals surface area contributed by atoms with E-state index in [0.717, 1.165) is 37.1 Å². The summed E-state index contributed by atoms with van der Waals surface area (Å²) >= 11 is 0. The topological polar surface area (TPSA) is 55.4 Å². The van der Waals surface area contributed by atoms with E-state index in [-0.39, 0.29) is 6.04 Å². The molecular formula is C16H25NO3S. The average Bonchev–Trinajstić information content (AvgIpc) is 2.46. The van der Waals surface area contributed by atoms with E-state index in [1.54, 1.807) is 6.92 Å². The molecule has 1 aliphatic rings. The minimum atomic E-state index is -3.13. The quantitative estimate of drug-likeness (QED) is 0.877. The Labute approximate surface area is 127 Å². The first-order chi connectivity index (χ1) is 9.95. The van der Waals surface area contributed by atoms with Gasteiger partial charge in [0.1, 0.15) is 5.75 Å². The summed E-state index contributed by atoms with van der Waals surface area (Å²) in [7, 11) is -3.13. The summed E-state index contributed by atoms with van der Waals surface area (Å²) in [5, 5.41) is 2.90. The zero-order valence-corrected chi connectivity index (χ0v) is 13.9. The maximum Gasteiger partial charge on any atom is 0.151 e. The molecule has 0 bridgehead atoms. The Morgan fingerprint density at radius 1 is 1.38 bits per heavy atom. The Morgan fingerprint density at radius 3 is 2.81 bits per heavy atom. The van der Waals surface area contributed by atoms with Crippen LogP contribution in [0.15, 0.2) is 18.2 Å². The predicted octanol–water partition coefficient (Wildman–Crippen LogP) is 2.49. The van der Waals surface area contributed by atoms with Crippen molar-refractivity contribution in [3.05, 3.63) is 29.3 Å². The first-order valence-electron chi connectivity index (χ1n) is 7.62. The second kappa shape index (κ2) is 6.79. The summed E-state index contributed by atoms with van der Waals surface area (Å²) in [5.74, 6) is 0.882. The number of ether oxygens (including phenoxy) is 1. The smallest absolute Gasteiger partial charge is 0.151 e. The van der Waals surface area contributed by atoms with Gasteiger partial charge in [-0.25, -0.2) is 8.42 Å². The first-order valence-corrected chi connectivity index (χ1v) is 9.57. The molecule has 0 radical (unpaired) electrons. The van der Waals surface area contributed by atoms with Gasteiger partial charge < -0.3 is 10.1 Å². The summed E-state index contributed by atoms with van der Waals surface area (Å²) in [4.78, 5) is 0. The highest BCUT2D eigenvalue weighted by molar-refractivity contribution is 7.91. The van der Waals surface area contributed by atoms with Crippen molar-refractivity contribution in [1.82, 2.24) is 5.32 Å². The monoisotopic (exact) mass is 311 g/mol. The van der Waals surface area contributed by atoms with Crippen LogP contribution in [0.1, 0.15) is 43.9 Å². The molecule has 0 aliphatic carbocycles. The van der Waals surface area contributed by atoms with E-state index in [4.69, 9.17) is 4.74 Å². The molecule has 118 valence electrons. The maximum atomic E-state index is 12.0. The number of hydrogen-bond acceptors (Lipinski definition) is 4. The lowest BCUT2D eigenvalue weighted by atomic mass is 9.96. The molecule has 2 atom stereocenters. The second-order valence-electron chi connectivity index (χ2n) is 5.75. The van der Waals surface area contributed by atoms with Crippen LogP contribution in [0.3, 0.4) is 0 Å². The average molecular weight is 311 g/mol.